The number of aromatic amines is 1. The Morgan fingerprint density at radius 3 is 2.78 bits per heavy atom. The fraction of sp³-hybridized carbons (Fsp3) is 0.118. The van der Waals surface area contributed by atoms with E-state index in [2.05, 4.69) is 16.3 Å². The zero-order chi connectivity index (χ0) is 16.0. The summed E-state index contributed by atoms with van der Waals surface area (Å²) in [5.74, 6) is 0. The summed E-state index contributed by atoms with van der Waals surface area (Å²) in [4.78, 5) is 12.5. The molecular formula is C17H13N5O. The maximum Gasteiger partial charge on any atom is 0.329 e. The highest BCUT2D eigenvalue weighted by molar-refractivity contribution is 5.84. The van der Waals surface area contributed by atoms with Gasteiger partial charge in [0.05, 0.1) is 23.1 Å². The van der Waals surface area contributed by atoms with E-state index in [1.165, 1.54) is 0 Å². The van der Waals surface area contributed by atoms with E-state index in [1.807, 2.05) is 42.5 Å². The van der Waals surface area contributed by atoms with E-state index in [4.69, 9.17) is 5.26 Å². The molecule has 112 valence electrons. The van der Waals surface area contributed by atoms with Crippen LogP contribution in [0.4, 0.5) is 0 Å². The minimum atomic E-state index is -0.0565. The molecule has 0 bridgehead atoms. The van der Waals surface area contributed by atoms with Crippen molar-refractivity contribution in [3.63, 3.8) is 0 Å². The molecule has 0 unspecified atom stereocenters. The number of imidazole rings is 1. The maximum absolute atomic E-state index is 12.5. The lowest BCUT2D eigenvalue weighted by atomic mass is 10.1. The van der Waals surface area contributed by atoms with Gasteiger partial charge in [-0.15, -0.1) is 0 Å². The van der Waals surface area contributed by atoms with Crippen LogP contribution in [0.3, 0.4) is 0 Å². The van der Waals surface area contributed by atoms with Gasteiger partial charge in [0.15, 0.2) is 5.69 Å². The number of fused-ring (bicyclic) bond motifs is 2. The van der Waals surface area contributed by atoms with Crippen LogP contribution in [-0.2, 0) is 13.6 Å². The van der Waals surface area contributed by atoms with Crippen LogP contribution >= 0.6 is 0 Å². The monoisotopic (exact) mass is 303 g/mol. The molecule has 2 heterocycles. The lowest BCUT2D eigenvalue weighted by Crippen LogP contribution is -2.22. The topological polar surface area (TPSA) is 79.4 Å². The average molecular weight is 303 g/mol. The number of H-pyrrole nitrogens is 1. The van der Waals surface area contributed by atoms with Gasteiger partial charge >= 0.3 is 5.69 Å². The first kappa shape index (κ1) is 13.3. The van der Waals surface area contributed by atoms with Gasteiger partial charge in [-0.2, -0.15) is 10.4 Å². The third-order valence-corrected chi connectivity index (χ3v) is 4.13. The van der Waals surface area contributed by atoms with Gasteiger partial charge in [-0.1, -0.05) is 18.2 Å². The molecule has 0 atom stereocenters. The largest absolute Gasteiger partial charge is 0.329 e. The van der Waals surface area contributed by atoms with Gasteiger partial charge in [0.25, 0.3) is 0 Å². The normalized spacial score (nSPS) is 11.1. The predicted octanol–water partition coefficient (Wildman–Crippen LogP) is 2.14. The first-order valence-corrected chi connectivity index (χ1v) is 7.20. The molecule has 0 saturated heterocycles. The first-order chi connectivity index (χ1) is 11.2. The lowest BCUT2D eigenvalue weighted by molar-refractivity contribution is 0.736. The molecule has 4 aromatic rings. The highest BCUT2D eigenvalue weighted by Gasteiger charge is 2.11. The van der Waals surface area contributed by atoms with Crippen molar-refractivity contribution in [3.8, 4) is 6.07 Å². The highest BCUT2D eigenvalue weighted by Crippen LogP contribution is 2.19. The number of aromatic nitrogens is 4. The van der Waals surface area contributed by atoms with Crippen LogP contribution in [-0.4, -0.2) is 19.3 Å². The predicted molar refractivity (Wildman–Crippen MR) is 87.1 cm³/mol. The van der Waals surface area contributed by atoms with Crippen molar-refractivity contribution in [2.45, 2.75) is 6.54 Å². The summed E-state index contributed by atoms with van der Waals surface area (Å²) in [5.41, 5.74) is 3.88. The standard InChI is InChI=1S/C17H13N5O/c1-21-15-4-2-3-5-16(15)22(17(21)23)10-11-6-7-13-12(8-11)14(9-18)20-19-13/h2-8H,10H2,1H3,(H,19,20). The number of nitrogens with zero attached hydrogens (tertiary/aromatic N) is 4. The minimum Gasteiger partial charge on any atom is -0.295 e. The fourth-order valence-electron chi connectivity index (χ4n) is 2.94. The number of benzene rings is 2. The van der Waals surface area contributed by atoms with Crippen molar-refractivity contribution in [2.75, 3.05) is 0 Å². The second-order valence-corrected chi connectivity index (χ2v) is 5.48. The molecular weight excluding hydrogens is 290 g/mol. The summed E-state index contributed by atoms with van der Waals surface area (Å²) in [6.07, 6.45) is 0. The van der Waals surface area contributed by atoms with E-state index >= 15 is 0 Å². The molecule has 0 radical (unpaired) electrons. The number of nitriles is 1. The fourth-order valence-corrected chi connectivity index (χ4v) is 2.94. The van der Waals surface area contributed by atoms with Gasteiger partial charge in [-0.05, 0) is 29.8 Å². The van der Waals surface area contributed by atoms with Gasteiger partial charge in [0, 0.05) is 12.4 Å². The zero-order valence-electron chi connectivity index (χ0n) is 12.4. The van der Waals surface area contributed by atoms with Gasteiger partial charge < -0.3 is 0 Å². The van der Waals surface area contributed by atoms with Crippen LogP contribution in [0.5, 0.6) is 0 Å². The Balaban J connectivity index is 1.87. The van der Waals surface area contributed by atoms with E-state index in [0.717, 1.165) is 27.5 Å². The Hall–Kier alpha value is -3.33. The van der Waals surface area contributed by atoms with Gasteiger partial charge in [-0.25, -0.2) is 4.79 Å². The molecule has 0 aliphatic rings. The number of rotatable bonds is 2. The second-order valence-electron chi connectivity index (χ2n) is 5.48. The van der Waals surface area contributed by atoms with Crippen LogP contribution < -0.4 is 5.69 Å². The van der Waals surface area contributed by atoms with Crippen molar-refractivity contribution in [1.29, 1.82) is 5.26 Å². The van der Waals surface area contributed by atoms with Crippen molar-refractivity contribution in [2.24, 2.45) is 7.05 Å². The van der Waals surface area contributed by atoms with Crippen molar-refractivity contribution in [1.82, 2.24) is 19.3 Å². The second kappa shape index (κ2) is 4.85. The van der Waals surface area contributed by atoms with Crippen molar-refractivity contribution in [3.05, 3.63) is 64.2 Å². The quantitative estimate of drug-likeness (QED) is 0.616. The molecule has 6 nitrogen and oxygen atoms in total. The molecule has 1 N–H and O–H groups in total. The molecule has 0 aliphatic heterocycles. The molecule has 23 heavy (non-hydrogen) atoms. The van der Waals surface area contributed by atoms with E-state index in [9.17, 15) is 4.79 Å². The van der Waals surface area contributed by atoms with Crippen LogP contribution in [0.15, 0.2) is 47.3 Å². The van der Waals surface area contributed by atoms with Crippen LogP contribution in [0, 0.1) is 11.3 Å². The van der Waals surface area contributed by atoms with Gasteiger partial charge in [-0.3, -0.25) is 14.2 Å². The number of aryl methyl sites for hydroxylation is 1. The van der Waals surface area contributed by atoms with Crippen molar-refractivity contribution >= 4 is 21.9 Å². The Morgan fingerprint density at radius 1 is 1.22 bits per heavy atom. The van der Waals surface area contributed by atoms with E-state index < -0.39 is 0 Å². The number of hydrogen-bond acceptors (Lipinski definition) is 3. The summed E-state index contributed by atoms with van der Waals surface area (Å²) in [6, 6.07) is 15.5. The average Bonchev–Trinajstić information content (AvgIpc) is 3.10. The molecule has 0 fully saturated rings. The first-order valence-electron chi connectivity index (χ1n) is 7.20. The van der Waals surface area contributed by atoms with Gasteiger partial charge in [0.1, 0.15) is 6.07 Å². The Kier molecular flexibility index (Phi) is 2.81. The van der Waals surface area contributed by atoms with Crippen LogP contribution in [0.25, 0.3) is 21.9 Å². The minimum absolute atomic E-state index is 0.0565. The summed E-state index contributed by atoms with van der Waals surface area (Å²) >= 11 is 0. The zero-order valence-corrected chi connectivity index (χ0v) is 12.4. The van der Waals surface area contributed by atoms with Crippen molar-refractivity contribution < 1.29 is 0 Å². The molecule has 0 amide bonds. The number of para-hydroxylation sites is 2. The highest BCUT2D eigenvalue weighted by atomic mass is 16.1. The van der Waals surface area contributed by atoms with E-state index in [1.54, 1.807) is 16.2 Å². The van der Waals surface area contributed by atoms with E-state index in [-0.39, 0.29) is 5.69 Å². The summed E-state index contributed by atoms with van der Waals surface area (Å²) in [5, 5.41) is 16.7. The number of nitrogens with one attached hydrogen (secondary N) is 1. The Morgan fingerprint density at radius 2 is 2.00 bits per heavy atom. The lowest BCUT2D eigenvalue weighted by Gasteiger charge is -2.04. The molecule has 4 rings (SSSR count). The van der Waals surface area contributed by atoms with Gasteiger partial charge in [0.2, 0.25) is 0 Å². The third kappa shape index (κ3) is 1.94. The summed E-state index contributed by atoms with van der Waals surface area (Å²) < 4.78 is 3.38. The molecule has 0 spiro atoms. The van der Waals surface area contributed by atoms with Crippen LogP contribution in [0.2, 0.25) is 0 Å². The Bertz CT molecular complexity index is 1140. The summed E-state index contributed by atoms with van der Waals surface area (Å²) in [7, 11) is 1.77. The van der Waals surface area contributed by atoms with E-state index in [0.29, 0.717) is 12.2 Å². The molecule has 2 aromatic heterocycles. The summed E-state index contributed by atoms with van der Waals surface area (Å²) in [6.45, 7) is 0.451. The smallest absolute Gasteiger partial charge is 0.295 e. The Labute approximate surface area is 131 Å². The molecule has 6 heteroatoms. The SMILES string of the molecule is Cn1c(=O)n(Cc2ccc3[nH]nc(C#N)c3c2)c2ccccc21. The molecule has 0 aliphatic carbocycles. The maximum atomic E-state index is 12.5. The molecule has 2 aromatic carbocycles. The van der Waals surface area contributed by atoms with Crippen LogP contribution in [0.1, 0.15) is 11.3 Å². The third-order valence-electron chi connectivity index (χ3n) is 4.13. The number of hydrogen-bond donors (Lipinski definition) is 1. The molecule has 0 saturated carbocycles.